The second kappa shape index (κ2) is 6.12. The van der Waals surface area contributed by atoms with Crippen LogP contribution < -0.4 is 5.73 Å². The molecular weight excluding hydrogens is 384 g/mol. The number of ether oxygens (including phenoxy) is 1. The van der Waals surface area contributed by atoms with Gasteiger partial charge in [0.25, 0.3) is 0 Å². The average molecular weight is 398 g/mol. The van der Waals surface area contributed by atoms with Crippen LogP contribution in [0.15, 0.2) is 21.5 Å². The second-order valence-electron chi connectivity index (χ2n) is 4.60. The third-order valence-electron chi connectivity index (χ3n) is 3.30. The monoisotopic (exact) mass is 396 g/mol. The first kappa shape index (κ1) is 16.5. The molecule has 0 bridgehead atoms. The van der Waals surface area contributed by atoms with E-state index in [1.807, 2.05) is 0 Å². The molecule has 1 heterocycles. The number of nitrogens with zero attached hydrogens (tertiary/aromatic N) is 1. The van der Waals surface area contributed by atoms with Crippen molar-refractivity contribution in [2.24, 2.45) is 0 Å². The van der Waals surface area contributed by atoms with E-state index in [-0.39, 0.29) is 26.6 Å². The van der Waals surface area contributed by atoms with Gasteiger partial charge in [-0.15, -0.1) is 0 Å². The summed E-state index contributed by atoms with van der Waals surface area (Å²) in [6, 6.07) is 1.95. The lowest BCUT2D eigenvalue weighted by Crippen LogP contribution is -2.41. The largest absolute Gasteiger partial charge is 0.468 e. The Hall–Kier alpha value is -0.830. The van der Waals surface area contributed by atoms with E-state index in [1.165, 1.54) is 19.2 Å². The first-order chi connectivity index (χ1) is 9.78. The van der Waals surface area contributed by atoms with Crippen molar-refractivity contribution in [3.8, 4) is 0 Å². The Labute approximate surface area is 136 Å². The van der Waals surface area contributed by atoms with Crippen LogP contribution >= 0.6 is 27.5 Å². The van der Waals surface area contributed by atoms with E-state index in [4.69, 9.17) is 17.3 Å². The molecule has 21 heavy (non-hydrogen) atoms. The molecule has 1 atom stereocenters. The highest BCUT2D eigenvalue weighted by atomic mass is 79.9. The van der Waals surface area contributed by atoms with Crippen LogP contribution in [0.1, 0.15) is 12.8 Å². The predicted octanol–water partition coefficient (Wildman–Crippen LogP) is 2.01. The van der Waals surface area contributed by atoms with Crippen molar-refractivity contribution < 1.29 is 17.9 Å². The molecular formula is C12H14BrClN2O4S. The third kappa shape index (κ3) is 3.03. The van der Waals surface area contributed by atoms with Gasteiger partial charge in [-0.1, -0.05) is 11.6 Å². The minimum Gasteiger partial charge on any atom is -0.468 e. The van der Waals surface area contributed by atoms with Crippen molar-refractivity contribution in [2.75, 3.05) is 19.4 Å². The number of nitrogens with two attached hydrogens (primary N) is 1. The summed E-state index contributed by atoms with van der Waals surface area (Å²) in [6.45, 7) is 0.251. The maximum atomic E-state index is 12.8. The molecule has 2 rings (SSSR count). The Morgan fingerprint density at radius 1 is 1.52 bits per heavy atom. The van der Waals surface area contributed by atoms with E-state index < -0.39 is 22.0 Å². The lowest BCUT2D eigenvalue weighted by Gasteiger charge is -2.23. The van der Waals surface area contributed by atoms with Crippen molar-refractivity contribution in [1.29, 1.82) is 0 Å². The number of hydrogen-bond acceptors (Lipinski definition) is 5. The van der Waals surface area contributed by atoms with Crippen LogP contribution in [0.25, 0.3) is 0 Å². The summed E-state index contributed by atoms with van der Waals surface area (Å²) in [4.78, 5) is 11.7. The first-order valence-electron chi connectivity index (χ1n) is 6.13. The van der Waals surface area contributed by atoms with E-state index in [0.717, 1.165) is 4.31 Å². The number of rotatable bonds is 3. The number of esters is 1. The molecule has 0 spiro atoms. The van der Waals surface area contributed by atoms with E-state index in [2.05, 4.69) is 20.7 Å². The number of carbonyl (C=O) groups excluding carboxylic acids is 1. The van der Waals surface area contributed by atoms with E-state index in [9.17, 15) is 13.2 Å². The second-order valence-corrected chi connectivity index (χ2v) is 7.69. The van der Waals surface area contributed by atoms with Crippen molar-refractivity contribution in [2.45, 2.75) is 23.8 Å². The van der Waals surface area contributed by atoms with Gasteiger partial charge >= 0.3 is 5.97 Å². The molecule has 116 valence electrons. The van der Waals surface area contributed by atoms with Gasteiger partial charge in [-0.2, -0.15) is 4.31 Å². The van der Waals surface area contributed by atoms with Crippen LogP contribution in [0, 0.1) is 0 Å². The highest BCUT2D eigenvalue weighted by Crippen LogP contribution is 2.35. The zero-order valence-corrected chi connectivity index (χ0v) is 14.3. The molecule has 1 aliphatic rings. The number of hydrogen-bond donors (Lipinski definition) is 1. The molecule has 0 saturated carbocycles. The van der Waals surface area contributed by atoms with Gasteiger partial charge in [0, 0.05) is 17.3 Å². The molecule has 9 heteroatoms. The number of nitrogen functional groups attached to an aromatic ring is 1. The smallest absolute Gasteiger partial charge is 0.324 e. The predicted molar refractivity (Wildman–Crippen MR) is 82.5 cm³/mol. The Kier molecular flexibility index (Phi) is 4.82. The normalized spacial score (nSPS) is 19.7. The Morgan fingerprint density at radius 3 is 2.81 bits per heavy atom. The summed E-state index contributed by atoms with van der Waals surface area (Å²) in [5.41, 5.74) is 5.95. The zero-order valence-electron chi connectivity index (χ0n) is 11.2. The molecule has 0 aromatic heterocycles. The van der Waals surface area contributed by atoms with Crippen molar-refractivity contribution in [1.82, 2.24) is 4.31 Å². The van der Waals surface area contributed by atoms with Gasteiger partial charge in [0.05, 0.1) is 16.5 Å². The van der Waals surface area contributed by atoms with E-state index in [1.54, 1.807) is 0 Å². The standard InChI is InChI=1S/C12H14BrClN2O4S/c1-20-12(17)9-3-2-4-16(9)21(18,19)10-6-7(14)5-8(15)11(10)13/h5-6,9H,2-4,15H2,1H3. The van der Waals surface area contributed by atoms with E-state index >= 15 is 0 Å². The van der Waals surface area contributed by atoms with Crippen molar-refractivity contribution in [3.05, 3.63) is 21.6 Å². The van der Waals surface area contributed by atoms with Gasteiger partial charge in [-0.3, -0.25) is 4.79 Å². The fraction of sp³-hybridized carbons (Fsp3) is 0.417. The topological polar surface area (TPSA) is 89.7 Å². The van der Waals surface area contributed by atoms with Crippen LogP contribution in [-0.4, -0.2) is 38.4 Å². The molecule has 1 aliphatic heterocycles. The van der Waals surface area contributed by atoms with Gasteiger partial charge in [-0.05, 0) is 40.9 Å². The van der Waals surface area contributed by atoms with Gasteiger partial charge in [0.2, 0.25) is 10.0 Å². The minimum atomic E-state index is -3.90. The Bertz CT molecular complexity index is 680. The lowest BCUT2D eigenvalue weighted by molar-refractivity contribution is -0.144. The molecule has 2 N–H and O–H groups in total. The Morgan fingerprint density at radius 2 is 2.19 bits per heavy atom. The maximum Gasteiger partial charge on any atom is 0.324 e. The van der Waals surface area contributed by atoms with Crippen LogP contribution in [0.4, 0.5) is 5.69 Å². The van der Waals surface area contributed by atoms with Crippen LogP contribution in [0.5, 0.6) is 0 Å². The van der Waals surface area contributed by atoms with Crippen LogP contribution in [0.3, 0.4) is 0 Å². The highest BCUT2D eigenvalue weighted by molar-refractivity contribution is 9.10. The summed E-state index contributed by atoms with van der Waals surface area (Å²) in [7, 11) is -2.66. The quantitative estimate of drug-likeness (QED) is 0.622. The van der Waals surface area contributed by atoms with Crippen LogP contribution in [0.2, 0.25) is 5.02 Å². The number of anilines is 1. The number of halogens is 2. The maximum absolute atomic E-state index is 12.8. The molecule has 0 aliphatic carbocycles. The van der Waals surface area contributed by atoms with Gasteiger partial charge in [0.1, 0.15) is 6.04 Å². The number of carbonyl (C=O) groups is 1. The average Bonchev–Trinajstić information content (AvgIpc) is 2.91. The molecule has 0 radical (unpaired) electrons. The number of benzene rings is 1. The fourth-order valence-electron chi connectivity index (χ4n) is 2.30. The third-order valence-corrected chi connectivity index (χ3v) is 6.59. The van der Waals surface area contributed by atoms with E-state index in [0.29, 0.717) is 12.8 Å². The molecule has 0 amide bonds. The van der Waals surface area contributed by atoms with Gasteiger partial charge in [0.15, 0.2) is 0 Å². The highest BCUT2D eigenvalue weighted by Gasteiger charge is 2.41. The Balaban J connectivity index is 2.50. The molecule has 1 saturated heterocycles. The molecule has 1 fully saturated rings. The molecule has 1 aromatic rings. The number of sulfonamides is 1. The zero-order chi connectivity index (χ0) is 15.8. The summed E-state index contributed by atoms with van der Waals surface area (Å²) in [5, 5.41) is 0.211. The summed E-state index contributed by atoms with van der Waals surface area (Å²) < 4.78 is 31.6. The van der Waals surface area contributed by atoms with Gasteiger partial charge in [-0.25, -0.2) is 8.42 Å². The van der Waals surface area contributed by atoms with Gasteiger partial charge < -0.3 is 10.5 Å². The van der Waals surface area contributed by atoms with Crippen LogP contribution in [-0.2, 0) is 19.6 Å². The molecule has 1 unspecified atom stereocenters. The summed E-state index contributed by atoms with van der Waals surface area (Å²) in [6.07, 6.45) is 1.02. The summed E-state index contributed by atoms with van der Waals surface area (Å²) >= 11 is 9.05. The first-order valence-corrected chi connectivity index (χ1v) is 8.74. The molecule has 6 nitrogen and oxygen atoms in total. The summed E-state index contributed by atoms with van der Waals surface area (Å²) in [5.74, 6) is -0.567. The lowest BCUT2D eigenvalue weighted by atomic mass is 10.2. The minimum absolute atomic E-state index is 0.0525. The SMILES string of the molecule is COC(=O)C1CCCN1S(=O)(=O)c1cc(Cl)cc(N)c1Br. The van der Waals surface area contributed by atoms with Crippen molar-refractivity contribution in [3.63, 3.8) is 0 Å². The fourth-order valence-corrected chi connectivity index (χ4v) is 5.20. The van der Waals surface area contributed by atoms with Crippen molar-refractivity contribution >= 4 is 49.2 Å². The molecule has 1 aromatic carbocycles. The number of methoxy groups -OCH3 is 1.